The minimum Gasteiger partial charge on any atom is -0.481 e. The van der Waals surface area contributed by atoms with Gasteiger partial charge in [-0.15, -0.1) is 0 Å². The molecule has 0 spiro atoms. The standard InChI is InChI=1S/C13H13BrFNO3/c14-9-5-8(1-2-10(9)15)6-11(17)16-7-13(3-4-13)12(18)19/h1-2,5H,3-4,6-7H2,(H,16,17)(H,18,19). The van der Waals surface area contributed by atoms with Crippen molar-refractivity contribution in [1.82, 2.24) is 5.32 Å². The Balaban J connectivity index is 1.88. The van der Waals surface area contributed by atoms with Crippen molar-refractivity contribution in [3.8, 4) is 0 Å². The maximum absolute atomic E-state index is 13.0. The van der Waals surface area contributed by atoms with Crippen LogP contribution in [0.5, 0.6) is 0 Å². The molecule has 4 nitrogen and oxygen atoms in total. The van der Waals surface area contributed by atoms with E-state index in [1.165, 1.54) is 12.1 Å². The molecule has 0 unspecified atom stereocenters. The third-order valence-corrected chi connectivity index (χ3v) is 3.89. The fourth-order valence-corrected chi connectivity index (χ4v) is 2.21. The Morgan fingerprint density at radius 3 is 2.63 bits per heavy atom. The average molecular weight is 330 g/mol. The summed E-state index contributed by atoms with van der Waals surface area (Å²) in [7, 11) is 0. The molecule has 6 heteroatoms. The highest BCUT2D eigenvalue weighted by Crippen LogP contribution is 2.45. The molecule has 1 amide bonds. The molecular weight excluding hydrogens is 317 g/mol. The van der Waals surface area contributed by atoms with Crippen LogP contribution in [0.3, 0.4) is 0 Å². The molecule has 1 aliphatic carbocycles. The van der Waals surface area contributed by atoms with Gasteiger partial charge < -0.3 is 10.4 Å². The van der Waals surface area contributed by atoms with E-state index in [-0.39, 0.29) is 24.7 Å². The fourth-order valence-electron chi connectivity index (χ4n) is 1.78. The first-order valence-electron chi connectivity index (χ1n) is 5.87. The number of aliphatic carboxylic acids is 1. The quantitative estimate of drug-likeness (QED) is 0.869. The molecule has 1 aromatic carbocycles. The van der Waals surface area contributed by atoms with Crippen molar-refractivity contribution in [2.75, 3.05) is 6.54 Å². The largest absolute Gasteiger partial charge is 0.481 e. The van der Waals surface area contributed by atoms with Crippen LogP contribution in [0.25, 0.3) is 0 Å². The lowest BCUT2D eigenvalue weighted by atomic mass is 10.1. The second-order valence-electron chi connectivity index (χ2n) is 4.79. The van der Waals surface area contributed by atoms with Crippen molar-refractivity contribution in [3.63, 3.8) is 0 Å². The zero-order chi connectivity index (χ0) is 14.0. The molecule has 0 atom stereocenters. The highest BCUT2D eigenvalue weighted by Gasteiger charge is 2.50. The van der Waals surface area contributed by atoms with Gasteiger partial charge in [-0.2, -0.15) is 0 Å². The van der Waals surface area contributed by atoms with Crippen LogP contribution in [0, 0.1) is 11.2 Å². The molecule has 0 aromatic heterocycles. The molecule has 2 N–H and O–H groups in total. The van der Waals surface area contributed by atoms with Crippen LogP contribution >= 0.6 is 15.9 Å². The highest BCUT2D eigenvalue weighted by molar-refractivity contribution is 9.10. The minimum absolute atomic E-state index is 0.106. The van der Waals surface area contributed by atoms with E-state index in [4.69, 9.17) is 5.11 Å². The van der Waals surface area contributed by atoms with Gasteiger partial charge in [-0.1, -0.05) is 6.07 Å². The third kappa shape index (κ3) is 3.32. The molecule has 1 aromatic rings. The Morgan fingerprint density at radius 1 is 1.42 bits per heavy atom. The van der Waals surface area contributed by atoms with Gasteiger partial charge in [-0.05, 0) is 46.5 Å². The van der Waals surface area contributed by atoms with Crippen molar-refractivity contribution in [2.45, 2.75) is 19.3 Å². The molecule has 19 heavy (non-hydrogen) atoms. The Bertz CT molecular complexity index is 529. The summed E-state index contributed by atoms with van der Waals surface area (Å²) in [6.07, 6.45) is 1.31. The predicted octanol–water partition coefficient (Wildman–Crippen LogP) is 2.11. The molecule has 0 heterocycles. The van der Waals surface area contributed by atoms with Gasteiger partial charge in [0, 0.05) is 6.54 Å². The SMILES string of the molecule is O=C(Cc1ccc(F)c(Br)c1)NCC1(C(=O)O)CC1. The monoisotopic (exact) mass is 329 g/mol. The number of nitrogens with one attached hydrogen (secondary N) is 1. The van der Waals surface area contributed by atoms with Gasteiger partial charge in [-0.25, -0.2) is 4.39 Å². The number of carboxylic acids is 1. The molecule has 1 fully saturated rings. The van der Waals surface area contributed by atoms with Gasteiger partial charge >= 0.3 is 5.97 Å². The molecule has 0 radical (unpaired) electrons. The maximum atomic E-state index is 13.0. The predicted molar refractivity (Wildman–Crippen MR) is 70.1 cm³/mol. The van der Waals surface area contributed by atoms with Crippen LogP contribution in [0.15, 0.2) is 22.7 Å². The van der Waals surface area contributed by atoms with Gasteiger partial charge in [0.15, 0.2) is 0 Å². The summed E-state index contributed by atoms with van der Waals surface area (Å²) < 4.78 is 13.3. The first-order valence-corrected chi connectivity index (χ1v) is 6.66. The van der Waals surface area contributed by atoms with Gasteiger partial charge in [-0.3, -0.25) is 9.59 Å². The number of amides is 1. The van der Waals surface area contributed by atoms with Gasteiger partial charge in [0.1, 0.15) is 5.82 Å². The molecule has 102 valence electrons. The van der Waals surface area contributed by atoms with E-state index in [0.29, 0.717) is 22.9 Å². The minimum atomic E-state index is -0.864. The molecule has 0 saturated heterocycles. The van der Waals surface area contributed by atoms with Crippen molar-refractivity contribution in [1.29, 1.82) is 0 Å². The second kappa shape index (κ2) is 5.28. The normalized spacial score (nSPS) is 15.9. The lowest BCUT2D eigenvalue weighted by Gasteiger charge is -2.11. The van der Waals surface area contributed by atoms with Crippen molar-refractivity contribution >= 4 is 27.8 Å². The van der Waals surface area contributed by atoms with E-state index in [0.717, 1.165) is 0 Å². The number of carbonyl (C=O) groups excluding carboxylic acids is 1. The summed E-state index contributed by atoms with van der Waals surface area (Å²) in [5, 5.41) is 11.6. The number of benzene rings is 1. The van der Waals surface area contributed by atoms with Crippen LogP contribution in [0.4, 0.5) is 4.39 Å². The lowest BCUT2D eigenvalue weighted by molar-refractivity contribution is -0.143. The van der Waals surface area contributed by atoms with Gasteiger partial charge in [0.2, 0.25) is 5.91 Å². The van der Waals surface area contributed by atoms with Crippen molar-refractivity contribution < 1.29 is 19.1 Å². The first kappa shape index (κ1) is 14.0. The first-order chi connectivity index (χ1) is 8.93. The van der Waals surface area contributed by atoms with Crippen LogP contribution in [-0.4, -0.2) is 23.5 Å². The topological polar surface area (TPSA) is 66.4 Å². The molecule has 0 bridgehead atoms. The van der Waals surface area contributed by atoms with E-state index < -0.39 is 11.4 Å². The Morgan fingerprint density at radius 2 is 2.11 bits per heavy atom. The highest BCUT2D eigenvalue weighted by atomic mass is 79.9. The number of rotatable bonds is 5. The van der Waals surface area contributed by atoms with E-state index in [1.807, 2.05) is 0 Å². The van der Waals surface area contributed by atoms with E-state index in [9.17, 15) is 14.0 Å². The molecule has 1 aliphatic rings. The third-order valence-electron chi connectivity index (χ3n) is 3.28. The summed E-state index contributed by atoms with van der Waals surface area (Å²) in [6, 6.07) is 4.36. The summed E-state index contributed by atoms with van der Waals surface area (Å²) in [5.74, 6) is -1.50. The van der Waals surface area contributed by atoms with Crippen LogP contribution in [0.2, 0.25) is 0 Å². The van der Waals surface area contributed by atoms with Crippen molar-refractivity contribution in [3.05, 3.63) is 34.1 Å². The summed E-state index contributed by atoms with van der Waals surface area (Å²) >= 11 is 3.05. The zero-order valence-corrected chi connectivity index (χ0v) is 11.7. The van der Waals surface area contributed by atoms with E-state index in [1.54, 1.807) is 6.07 Å². The number of halogens is 2. The van der Waals surface area contributed by atoms with Crippen LogP contribution < -0.4 is 5.32 Å². The maximum Gasteiger partial charge on any atom is 0.311 e. The van der Waals surface area contributed by atoms with E-state index >= 15 is 0 Å². The smallest absolute Gasteiger partial charge is 0.311 e. The lowest BCUT2D eigenvalue weighted by Crippen LogP contribution is -2.35. The summed E-state index contributed by atoms with van der Waals surface area (Å²) in [5.41, 5.74) is -0.0927. The zero-order valence-electron chi connectivity index (χ0n) is 10.1. The van der Waals surface area contributed by atoms with Gasteiger partial charge in [0.25, 0.3) is 0 Å². The average Bonchev–Trinajstić information content (AvgIpc) is 3.13. The number of hydrogen-bond donors (Lipinski definition) is 2. The second-order valence-corrected chi connectivity index (χ2v) is 5.64. The number of carboxylic acid groups (broad SMARTS) is 1. The van der Waals surface area contributed by atoms with Gasteiger partial charge in [0.05, 0.1) is 16.3 Å². The molecule has 0 aliphatic heterocycles. The number of carbonyl (C=O) groups is 2. The summed E-state index contributed by atoms with van der Waals surface area (Å²) in [6.45, 7) is 0.156. The Hall–Kier alpha value is -1.43. The molecule has 2 rings (SSSR count). The number of hydrogen-bond acceptors (Lipinski definition) is 2. The Kier molecular flexibility index (Phi) is 3.89. The Labute approximate surface area is 118 Å². The van der Waals surface area contributed by atoms with Crippen LogP contribution in [-0.2, 0) is 16.0 Å². The van der Waals surface area contributed by atoms with Crippen LogP contribution in [0.1, 0.15) is 18.4 Å². The van der Waals surface area contributed by atoms with Crippen molar-refractivity contribution in [2.24, 2.45) is 5.41 Å². The molecule has 1 saturated carbocycles. The molecular formula is C13H13BrFNO3. The summed E-state index contributed by atoms with van der Waals surface area (Å²) in [4.78, 5) is 22.6. The van der Waals surface area contributed by atoms with E-state index in [2.05, 4.69) is 21.2 Å². The fraction of sp³-hybridized carbons (Fsp3) is 0.385.